The van der Waals surface area contributed by atoms with Gasteiger partial charge in [-0.3, -0.25) is 0 Å². The molecule has 0 aliphatic carbocycles. The standard InChI is InChI=1S/C12H15ClN2S/c1-3-15(4-2)12(16)14-11(13)10-8-6-5-7-9-10/h5-9H,3-4H2,1-2H3/b14-11-. The molecule has 0 amide bonds. The van der Waals surface area contributed by atoms with E-state index in [1.165, 1.54) is 0 Å². The van der Waals surface area contributed by atoms with Crippen LogP contribution in [-0.4, -0.2) is 28.3 Å². The third-order valence-corrected chi connectivity index (χ3v) is 2.89. The van der Waals surface area contributed by atoms with Crippen LogP contribution in [0.1, 0.15) is 19.4 Å². The lowest BCUT2D eigenvalue weighted by Gasteiger charge is -2.18. The van der Waals surface area contributed by atoms with Crippen LogP contribution in [0.2, 0.25) is 0 Å². The van der Waals surface area contributed by atoms with E-state index in [9.17, 15) is 0 Å². The maximum atomic E-state index is 6.09. The molecule has 0 aliphatic heterocycles. The lowest BCUT2D eigenvalue weighted by Crippen LogP contribution is -2.28. The second kappa shape index (κ2) is 6.61. The van der Waals surface area contributed by atoms with Crippen LogP contribution in [0.5, 0.6) is 0 Å². The van der Waals surface area contributed by atoms with E-state index in [-0.39, 0.29) is 0 Å². The van der Waals surface area contributed by atoms with Crippen molar-refractivity contribution in [3.8, 4) is 0 Å². The molecule has 0 radical (unpaired) electrons. The number of hydrogen-bond acceptors (Lipinski definition) is 1. The van der Waals surface area contributed by atoms with Crippen molar-refractivity contribution in [1.29, 1.82) is 0 Å². The van der Waals surface area contributed by atoms with Gasteiger partial charge in [-0.1, -0.05) is 41.9 Å². The number of hydrogen-bond donors (Lipinski definition) is 0. The molecule has 1 aromatic carbocycles. The molecule has 16 heavy (non-hydrogen) atoms. The summed E-state index contributed by atoms with van der Waals surface area (Å²) in [7, 11) is 0. The van der Waals surface area contributed by atoms with Crippen molar-refractivity contribution in [2.75, 3.05) is 13.1 Å². The number of aliphatic imine (C=N–C) groups is 1. The molecule has 0 bridgehead atoms. The van der Waals surface area contributed by atoms with E-state index in [0.717, 1.165) is 18.7 Å². The summed E-state index contributed by atoms with van der Waals surface area (Å²) in [6, 6.07) is 9.62. The third-order valence-electron chi connectivity index (χ3n) is 2.24. The average Bonchev–Trinajstić information content (AvgIpc) is 2.31. The van der Waals surface area contributed by atoms with Crippen LogP contribution >= 0.6 is 23.8 Å². The molecule has 4 heteroatoms. The number of halogens is 1. The lowest BCUT2D eigenvalue weighted by molar-refractivity contribution is 0.469. The van der Waals surface area contributed by atoms with Gasteiger partial charge in [-0.25, -0.2) is 4.99 Å². The van der Waals surface area contributed by atoms with Gasteiger partial charge < -0.3 is 4.90 Å². The largest absolute Gasteiger partial charge is 0.348 e. The highest BCUT2D eigenvalue weighted by molar-refractivity contribution is 7.80. The van der Waals surface area contributed by atoms with Gasteiger partial charge in [0, 0.05) is 18.7 Å². The molecule has 0 unspecified atom stereocenters. The Balaban J connectivity index is 2.81. The van der Waals surface area contributed by atoms with Crippen LogP contribution in [0.15, 0.2) is 35.3 Å². The summed E-state index contributed by atoms with van der Waals surface area (Å²) in [5.74, 6) is 0. The van der Waals surface area contributed by atoms with Gasteiger partial charge >= 0.3 is 0 Å². The van der Waals surface area contributed by atoms with Gasteiger partial charge in [-0.15, -0.1) is 0 Å². The molecule has 0 aliphatic rings. The molecule has 0 saturated carbocycles. The molecule has 0 N–H and O–H groups in total. The number of benzene rings is 1. The van der Waals surface area contributed by atoms with Crippen molar-refractivity contribution in [3.63, 3.8) is 0 Å². The molecule has 0 fully saturated rings. The van der Waals surface area contributed by atoms with Gasteiger partial charge in [0.25, 0.3) is 0 Å². The second-order valence-corrected chi connectivity index (χ2v) is 3.95. The summed E-state index contributed by atoms with van der Waals surface area (Å²) in [6.07, 6.45) is 0. The third kappa shape index (κ3) is 3.58. The number of nitrogens with zero attached hydrogens (tertiary/aromatic N) is 2. The zero-order valence-corrected chi connectivity index (χ0v) is 11.1. The maximum Gasteiger partial charge on any atom is 0.196 e. The van der Waals surface area contributed by atoms with E-state index in [4.69, 9.17) is 23.8 Å². The average molecular weight is 255 g/mol. The van der Waals surface area contributed by atoms with Gasteiger partial charge in [-0.05, 0) is 26.1 Å². The second-order valence-electron chi connectivity index (χ2n) is 3.22. The van der Waals surface area contributed by atoms with Crippen LogP contribution in [0.4, 0.5) is 0 Å². The van der Waals surface area contributed by atoms with Crippen molar-refractivity contribution in [2.24, 2.45) is 4.99 Å². The first-order valence-electron chi connectivity index (χ1n) is 5.27. The minimum atomic E-state index is 0.442. The maximum absolute atomic E-state index is 6.09. The molecule has 0 saturated heterocycles. The Morgan fingerprint density at radius 2 is 1.81 bits per heavy atom. The monoisotopic (exact) mass is 254 g/mol. The minimum absolute atomic E-state index is 0.442. The van der Waals surface area contributed by atoms with E-state index in [1.807, 2.05) is 49.1 Å². The quantitative estimate of drug-likeness (QED) is 0.608. The van der Waals surface area contributed by atoms with Gasteiger partial charge in [0.1, 0.15) is 5.17 Å². The first-order chi connectivity index (χ1) is 7.69. The molecule has 0 spiro atoms. The summed E-state index contributed by atoms with van der Waals surface area (Å²) in [5, 5.41) is 0.983. The Morgan fingerprint density at radius 1 is 1.25 bits per heavy atom. The molecule has 2 nitrogen and oxygen atoms in total. The van der Waals surface area contributed by atoms with Crippen molar-refractivity contribution in [3.05, 3.63) is 35.9 Å². The van der Waals surface area contributed by atoms with Gasteiger partial charge in [0.05, 0.1) is 0 Å². The zero-order chi connectivity index (χ0) is 12.0. The summed E-state index contributed by atoms with van der Waals surface area (Å²) in [6.45, 7) is 5.78. The first kappa shape index (κ1) is 13.1. The van der Waals surface area contributed by atoms with E-state index in [0.29, 0.717) is 10.3 Å². The van der Waals surface area contributed by atoms with Gasteiger partial charge in [0.2, 0.25) is 0 Å². The van der Waals surface area contributed by atoms with Crippen LogP contribution < -0.4 is 0 Å². The number of rotatable bonds is 3. The Labute approximate surface area is 107 Å². The van der Waals surface area contributed by atoms with Crippen molar-refractivity contribution in [1.82, 2.24) is 4.90 Å². The smallest absolute Gasteiger partial charge is 0.196 e. The molecule has 0 heterocycles. The van der Waals surface area contributed by atoms with Crippen LogP contribution in [0, 0.1) is 0 Å². The molecule has 0 atom stereocenters. The van der Waals surface area contributed by atoms with Gasteiger partial charge in [-0.2, -0.15) is 0 Å². The summed E-state index contributed by atoms with van der Waals surface area (Å²) in [5.41, 5.74) is 0.888. The van der Waals surface area contributed by atoms with Crippen LogP contribution in [-0.2, 0) is 0 Å². The predicted octanol–water partition coefficient (Wildman–Crippen LogP) is 3.30. The van der Waals surface area contributed by atoms with E-state index < -0.39 is 0 Å². The van der Waals surface area contributed by atoms with E-state index in [2.05, 4.69) is 4.99 Å². The molecule has 1 aromatic rings. The fourth-order valence-electron chi connectivity index (χ4n) is 1.29. The highest BCUT2D eigenvalue weighted by atomic mass is 35.5. The highest BCUT2D eigenvalue weighted by Crippen LogP contribution is 2.06. The molecular formula is C12H15ClN2S. The Kier molecular flexibility index (Phi) is 5.43. The first-order valence-corrected chi connectivity index (χ1v) is 6.06. The lowest BCUT2D eigenvalue weighted by atomic mass is 10.2. The van der Waals surface area contributed by atoms with Crippen molar-refractivity contribution < 1.29 is 0 Å². The Hall–Kier alpha value is -0.930. The molecule has 86 valence electrons. The molecule has 0 aromatic heterocycles. The van der Waals surface area contributed by atoms with Crippen molar-refractivity contribution in [2.45, 2.75) is 13.8 Å². The van der Waals surface area contributed by atoms with Crippen LogP contribution in [0.25, 0.3) is 0 Å². The fraction of sp³-hybridized carbons (Fsp3) is 0.333. The SMILES string of the molecule is CCN(CC)C(=S)/N=C(\Cl)c1ccccc1. The summed E-state index contributed by atoms with van der Waals surface area (Å²) < 4.78 is 0. The predicted molar refractivity (Wildman–Crippen MR) is 74.4 cm³/mol. The van der Waals surface area contributed by atoms with Gasteiger partial charge in [0.15, 0.2) is 5.11 Å². The number of thiocarbonyl (C=S) groups is 1. The molecular weight excluding hydrogens is 240 g/mol. The van der Waals surface area contributed by atoms with E-state index >= 15 is 0 Å². The van der Waals surface area contributed by atoms with E-state index in [1.54, 1.807) is 0 Å². The zero-order valence-electron chi connectivity index (χ0n) is 9.48. The molecule has 1 rings (SSSR count). The summed E-state index contributed by atoms with van der Waals surface area (Å²) >= 11 is 11.3. The normalized spacial score (nSPS) is 11.3. The minimum Gasteiger partial charge on any atom is -0.348 e. The Bertz CT molecular complexity index is 372. The summed E-state index contributed by atoms with van der Waals surface area (Å²) in [4.78, 5) is 6.22. The Morgan fingerprint density at radius 3 is 2.31 bits per heavy atom. The fourth-order valence-corrected chi connectivity index (χ4v) is 1.89. The van der Waals surface area contributed by atoms with Crippen LogP contribution in [0.3, 0.4) is 0 Å². The topological polar surface area (TPSA) is 15.6 Å². The van der Waals surface area contributed by atoms with Crippen molar-refractivity contribution >= 4 is 34.1 Å². The highest BCUT2D eigenvalue weighted by Gasteiger charge is 2.05.